The Kier molecular flexibility index (Phi) is 6.36. The molecule has 1 aromatic heterocycles. The Balaban J connectivity index is 1.44. The Bertz CT molecular complexity index is 1200. The quantitative estimate of drug-likeness (QED) is 0.420. The fraction of sp³-hybridized carbons (Fsp3) is 0.120. The molecule has 0 aliphatic carbocycles. The highest BCUT2D eigenvalue weighted by Crippen LogP contribution is 2.32. The first kappa shape index (κ1) is 21.0. The minimum Gasteiger partial charge on any atom is -0.493 e. The lowest BCUT2D eigenvalue weighted by atomic mass is 10.1. The molecule has 0 saturated heterocycles. The van der Waals surface area contributed by atoms with E-state index in [1.54, 1.807) is 50.6 Å². The maximum absolute atomic E-state index is 12.8. The Morgan fingerprint density at radius 1 is 0.875 bits per heavy atom. The lowest BCUT2D eigenvalue weighted by molar-refractivity contribution is 0.0948. The summed E-state index contributed by atoms with van der Waals surface area (Å²) in [4.78, 5) is 12.8. The third-order valence-corrected chi connectivity index (χ3v) is 4.76. The zero-order valence-corrected chi connectivity index (χ0v) is 17.7. The largest absolute Gasteiger partial charge is 0.493 e. The number of ether oxygens (including phenoxy) is 3. The van der Waals surface area contributed by atoms with Gasteiger partial charge in [-0.15, -0.1) is 0 Å². The molecule has 4 aromatic rings. The van der Waals surface area contributed by atoms with Crippen molar-refractivity contribution in [3.63, 3.8) is 0 Å². The van der Waals surface area contributed by atoms with E-state index in [9.17, 15) is 4.79 Å². The molecule has 0 saturated carbocycles. The Labute approximate surface area is 185 Å². The minimum absolute atomic E-state index is 0.204. The van der Waals surface area contributed by atoms with Gasteiger partial charge < -0.3 is 24.1 Å². The number of carbonyl (C=O) groups is 1. The Hall–Kier alpha value is -4.26. The van der Waals surface area contributed by atoms with Crippen LogP contribution in [-0.2, 0) is 6.54 Å². The van der Waals surface area contributed by atoms with Gasteiger partial charge in [0.2, 0.25) is 0 Å². The summed E-state index contributed by atoms with van der Waals surface area (Å²) in [6, 6.07) is 23.6. The van der Waals surface area contributed by atoms with Crippen LogP contribution in [0.5, 0.6) is 23.0 Å². The number of hydrogen-bond donors (Lipinski definition) is 1. The van der Waals surface area contributed by atoms with E-state index in [4.69, 9.17) is 18.7 Å². The highest BCUT2D eigenvalue weighted by molar-refractivity contribution is 5.97. The number of hydrogen-bond acceptors (Lipinski definition) is 6. The topological polar surface area (TPSA) is 82.8 Å². The van der Waals surface area contributed by atoms with Crippen LogP contribution in [0, 0.1) is 0 Å². The lowest BCUT2D eigenvalue weighted by Crippen LogP contribution is -2.23. The van der Waals surface area contributed by atoms with E-state index >= 15 is 0 Å². The third kappa shape index (κ3) is 4.73. The standard InChI is InChI=1S/C25H22N2O5/c1-29-22-13-12-17(14-24(22)30-2)23-15-18(27-32-23)16-26-25(28)20-10-6-7-11-21(20)31-19-8-4-3-5-9-19/h3-15H,16H2,1-2H3,(H,26,28). The summed E-state index contributed by atoms with van der Waals surface area (Å²) >= 11 is 0. The number of nitrogens with one attached hydrogen (secondary N) is 1. The van der Waals surface area contributed by atoms with Crippen LogP contribution in [0.15, 0.2) is 83.4 Å². The van der Waals surface area contributed by atoms with Crippen LogP contribution in [0.4, 0.5) is 0 Å². The normalized spacial score (nSPS) is 10.4. The fourth-order valence-electron chi connectivity index (χ4n) is 3.15. The first-order chi connectivity index (χ1) is 15.7. The molecule has 0 unspecified atom stereocenters. The van der Waals surface area contributed by atoms with Gasteiger partial charge >= 0.3 is 0 Å². The molecule has 1 heterocycles. The van der Waals surface area contributed by atoms with Gasteiger partial charge in [0.25, 0.3) is 5.91 Å². The second kappa shape index (κ2) is 9.70. The van der Waals surface area contributed by atoms with Crippen molar-refractivity contribution in [2.45, 2.75) is 6.54 Å². The van der Waals surface area contributed by atoms with Crippen LogP contribution in [0.25, 0.3) is 11.3 Å². The summed E-state index contributed by atoms with van der Waals surface area (Å²) in [5, 5.41) is 6.91. The summed E-state index contributed by atoms with van der Waals surface area (Å²) in [6.07, 6.45) is 0. The highest BCUT2D eigenvalue weighted by Gasteiger charge is 2.15. The Morgan fingerprint density at radius 2 is 1.62 bits per heavy atom. The average molecular weight is 430 g/mol. The van der Waals surface area contributed by atoms with E-state index in [0.717, 1.165) is 5.56 Å². The number of amides is 1. The maximum atomic E-state index is 12.8. The van der Waals surface area contributed by atoms with E-state index < -0.39 is 0 Å². The van der Waals surface area contributed by atoms with Gasteiger partial charge in [-0.05, 0) is 42.5 Å². The van der Waals surface area contributed by atoms with Gasteiger partial charge in [0.15, 0.2) is 17.3 Å². The van der Waals surface area contributed by atoms with Crippen molar-refractivity contribution in [1.29, 1.82) is 0 Å². The number of aromatic nitrogens is 1. The molecule has 0 radical (unpaired) electrons. The lowest BCUT2D eigenvalue weighted by Gasteiger charge is -2.10. The zero-order valence-electron chi connectivity index (χ0n) is 17.7. The molecule has 7 heteroatoms. The molecule has 0 atom stereocenters. The van der Waals surface area contributed by atoms with Gasteiger partial charge in [-0.2, -0.15) is 0 Å². The van der Waals surface area contributed by atoms with Gasteiger partial charge in [0.1, 0.15) is 17.2 Å². The monoisotopic (exact) mass is 430 g/mol. The van der Waals surface area contributed by atoms with Gasteiger partial charge in [0, 0.05) is 11.6 Å². The van der Waals surface area contributed by atoms with Crippen molar-refractivity contribution in [3.8, 4) is 34.3 Å². The van der Waals surface area contributed by atoms with Crippen LogP contribution in [0.2, 0.25) is 0 Å². The summed E-state index contributed by atoms with van der Waals surface area (Å²) < 4.78 is 21.9. The van der Waals surface area contributed by atoms with Gasteiger partial charge in [-0.25, -0.2) is 0 Å². The molecular formula is C25H22N2O5. The minimum atomic E-state index is -0.271. The van der Waals surface area contributed by atoms with E-state index in [-0.39, 0.29) is 12.5 Å². The molecule has 0 fully saturated rings. The fourth-order valence-corrected chi connectivity index (χ4v) is 3.15. The van der Waals surface area contributed by atoms with E-state index in [1.165, 1.54) is 0 Å². The van der Waals surface area contributed by atoms with Crippen LogP contribution in [0.3, 0.4) is 0 Å². The molecule has 0 bridgehead atoms. The van der Waals surface area contributed by atoms with Crippen molar-refractivity contribution in [3.05, 3.63) is 90.1 Å². The van der Waals surface area contributed by atoms with Crippen LogP contribution >= 0.6 is 0 Å². The SMILES string of the molecule is COc1ccc(-c2cc(CNC(=O)c3ccccc3Oc3ccccc3)no2)cc1OC. The summed E-state index contributed by atoms with van der Waals surface area (Å²) in [5.41, 5.74) is 1.80. The van der Waals surface area contributed by atoms with Crippen LogP contribution in [-0.4, -0.2) is 25.3 Å². The van der Waals surface area contributed by atoms with Crippen LogP contribution in [0.1, 0.15) is 16.1 Å². The molecule has 1 N–H and O–H groups in total. The van der Waals surface area contributed by atoms with E-state index in [1.807, 2.05) is 42.5 Å². The van der Waals surface area contributed by atoms with Gasteiger partial charge in [-0.3, -0.25) is 4.79 Å². The van der Waals surface area contributed by atoms with Crippen molar-refractivity contribution < 1.29 is 23.5 Å². The molecule has 0 spiro atoms. The zero-order chi connectivity index (χ0) is 22.3. The number of rotatable bonds is 8. The van der Waals surface area contributed by atoms with Crippen molar-refractivity contribution in [1.82, 2.24) is 10.5 Å². The van der Waals surface area contributed by atoms with Gasteiger partial charge in [0.05, 0.1) is 26.3 Å². The van der Waals surface area contributed by atoms with E-state index in [0.29, 0.717) is 40.0 Å². The van der Waals surface area contributed by atoms with Gasteiger partial charge in [-0.1, -0.05) is 35.5 Å². The molecule has 3 aromatic carbocycles. The second-order valence-corrected chi connectivity index (χ2v) is 6.85. The predicted octanol–water partition coefficient (Wildman–Crippen LogP) is 5.08. The van der Waals surface area contributed by atoms with Crippen molar-refractivity contribution in [2.75, 3.05) is 14.2 Å². The molecule has 0 aliphatic heterocycles. The second-order valence-electron chi connectivity index (χ2n) is 6.85. The molecule has 0 aliphatic rings. The number of methoxy groups -OCH3 is 2. The molecule has 7 nitrogen and oxygen atoms in total. The van der Waals surface area contributed by atoms with Crippen molar-refractivity contribution in [2.24, 2.45) is 0 Å². The van der Waals surface area contributed by atoms with Crippen LogP contribution < -0.4 is 19.5 Å². The number of carbonyl (C=O) groups excluding carboxylic acids is 1. The van der Waals surface area contributed by atoms with Crippen molar-refractivity contribution >= 4 is 5.91 Å². The summed E-state index contributed by atoms with van der Waals surface area (Å²) in [7, 11) is 3.15. The molecular weight excluding hydrogens is 408 g/mol. The third-order valence-electron chi connectivity index (χ3n) is 4.76. The first-order valence-electron chi connectivity index (χ1n) is 9.96. The molecule has 1 amide bonds. The smallest absolute Gasteiger partial charge is 0.255 e. The summed E-state index contributed by atoms with van der Waals surface area (Å²) in [6.45, 7) is 0.204. The predicted molar refractivity (Wildman–Crippen MR) is 119 cm³/mol. The number of benzene rings is 3. The number of para-hydroxylation sites is 2. The Morgan fingerprint density at radius 3 is 2.41 bits per heavy atom. The molecule has 4 rings (SSSR count). The molecule has 32 heavy (non-hydrogen) atoms. The average Bonchev–Trinajstić information content (AvgIpc) is 3.32. The first-order valence-corrected chi connectivity index (χ1v) is 9.96. The number of nitrogens with zero attached hydrogens (tertiary/aromatic N) is 1. The maximum Gasteiger partial charge on any atom is 0.255 e. The highest BCUT2D eigenvalue weighted by atomic mass is 16.5. The summed E-state index contributed by atoms with van der Waals surface area (Å²) in [5.74, 6) is 2.63. The molecule has 162 valence electrons. The van der Waals surface area contributed by atoms with E-state index in [2.05, 4.69) is 10.5 Å².